The van der Waals surface area contributed by atoms with E-state index in [1.165, 1.54) is 0 Å². The molecule has 1 aliphatic rings. The van der Waals surface area contributed by atoms with E-state index in [1.54, 1.807) is 0 Å². The Morgan fingerprint density at radius 3 is 2.64 bits per heavy atom. The van der Waals surface area contributed by atoms with Gasteiger partial charge < -0.3 is 4.79 Å². The van der Waals surface area contributed by atoms with Crippen LogP contribution in [0.2, 0.25) is 0 Å². The maximum atomic E-state index is 12.7. The third-order valence-corrected chi connectivity index (χ3v) is 2.23. The van der Waals surface area contributed by atoms with Gasteiger partial charge in [-0.3, -0.25) is 4.90 Å². The van der Waals surface area contributed by atoms with E-state index in [2.05, 4.69) is 0 Å². The molecule has 0 spiro atoms. The van der Waals surface area contributed by atoms with Gasteiger partial charge >= 0.3 is 0 Å². The molecule has 1 heterocycles. The first-order valence-corrected chi connectivity index (χ1v) is 3.92. The third-order valence-electron chi connectivity index (χ3n) is 2.23. The summed E-state index contributed by atoms with van der Waals surface area (Å²) in [5.74, 6) is 0. The normalized spacial score (nSPS) is 27.4. The summed E-state index contributed by atoms with van der Waals surface area (Å²) < 4.78 is 12.7. The van der Waals surface area contributed by atoms with Crippen molar-refractivity contribution in [3.05, 3.63) is 0 Å². The zero-order valence-corrected chi connectivity index (χ0v) is 7.01. The minimum absolute atomic E-state index is 0.408. The van der Waals surface area contributed by atoms with E-state index in [0.29, 0.717) is 19.5 Å². The molecule has 1 rings (SSSR count). The van der Waals surface area contributed by atoms with Gasteiger partial charge in [-0.2, -0.15) is 0 Å². The lowest BCUT2D eigenvalue weighted by Gasteiger charge is -2.29. The van der Waals surface area contributed by atoms with Crippen molar-refractivity contribution in [3.8, 4) is 0 Å². The minimum atomic E-state index is -0.741. The van der Waals surface area contributed by atoms with Gasteiger partial charge in [-0.25, -0.2) is 4.39 Å². The first-order valence-electron chi connectivity index (χ1n) is 3.92. The molecule has 2 nitrogen and oxygen atoms in total. The van der Waals surface area contributed by atoms with E-state index < -0.39 is 11.7 Å². The Bertz CT molecular complexity index is 158. The smallest absolute Gasteiger partial charge is 0.139 e. The number of carbonyl (C=O) groups is 1. The van der Waals surface area contributed by atoms with Gasteiger partial charge in [-0.05, 0) is 20.3 Å². The van der Waals surface area contributed by atoms with Crippen LogP contribution in [-0.4, -0.2) is 36.0 Å². The summed E-state index contributed by atoms with van der Waals surface area (Å²) in [6.07, 6.45) is 0.705. The van der Waals surface area contributed by atoms with Gasteiger partial charge in [0.1, 0.15) is 12.5 Å². The van der Waals surface area contributed by atoms with Crippen molar-refractivity contribution < 1.29 is 9.18 Å². The maximum absolute atomic E-state index is 12.7. The second kappa shape index (κ2) is 2.89. The number of hydrogen-bond acceptors (Lipinski definition) is 2. The standard InChI is InChI=1S/C8H14FNO/c1-8(2,6-11)10-4-3-7(9)5-10/h6-7H,3-5H2,1-2H3/t7-/m1/s1. The average molecular weight is 159 g/mol. The molecule has 0 amide bonds. The SMILES string of the molecule is CC(C)(C=O)N1CC[C@@H](F)C1. The summed E-state index contributed by atoms with van der Waals surface area (Å²) in [7, 11) is 0. The number of aldehydes is 1. The van der Waals surface area contributed by atoms with Gasteiger partial charge in [0.25, 0.3) is 0 Å². The second-order valence-electron chi connectivity index (χ2n) is 3.60. The van der Waals surface area contributed by atoms with Crippen LogP contribution in [0.4, 0.5) is 4.39 Å². The van der Waals surface area contributed by atoms with Crippen molar-refractivity contribution in [2.75, 3.05) is 13.1 Å². The molecule has 0 aliphatic carbocycles. The van der Waals surface area contributed by atoms with Crippen LogP contribution in [0.5, 0.6) is 0 Å². The lowest BCUT2D eigenvalue weighted by molar-refractivity contribution is -0.116. The number of carbonyl (C=O) groups excluding carboxylic acids is 1. The van der Waals surface area contributed by atoms with Gasteiger partial charge in [-0.15, -0.1) is 0 Å². The zero-order chi connectivity index (χ0) is 8.48. The molecule has 3 heteroatoms. The molecule has 1 atom stereocenters. The first-order chi connectivity index (χ1) is 5.06. The summed E-state index contributed by atoms with van der Waals surface area (Å²) in [5, 5.41) is 0. The molecule has 0 aromatic heterocycles. The molecular formula is C8H14FNO. The molecule has 1 fully saturated rings. The topological polar surface area (TPSA) is 20.3 Å². The Kier molecular flexibility index (Phi) is 2.28. The second-order valence-corrected chi connectivity index (χ2v) is 3.60. The van der Waals surface area contributed by atoms with Gasteiger partial charge in [-0.1, -0.05) is 0 Å². The van der Waals surface area contributed by atoms with Crippen LogP contribution < -0.4 is 0 Å². The van der Waals surface area contributed by atoms with Crippen LogP contribution in [0, 0.1) is 0 Å². The van der Waals surface area contributed by atoms with Gasteiger partial charge in [0.2, 0.25) is 0 Å². The third kappa shape index (κ3) is 1.77. The fraction of sp³-hybridized carbons (Fsp3) is 0.875. The molecule has 0 unspecified atom stereocenters. The molecule has 0 N–H and O–H groups in total. The van der Waals surface area contributed by atoms with Crippen LogP contribution in [0.25, 0.3) is 0 Å². The van der Waals surface area contributed by atoms with Gasteiger partial charge in [0.15, 0.2) is 0 Å². The highest BCUT2D eigenvalue weighted by atomic mass is 19.1. The number of halogens is 1. The van der Waals surface area contributed by atoms with E-state index in [0.717, 1.165) is 6.29 Å². The fourth-order valence-electron chi connectivity index (χ4n) is 1.32. The molecule has 0 aromatic carbocycles. The highest BCUT2D eigenvalue weighted by molar-refractivity contribution is 5.62. The van der Waals surface area contributed by atoms with Crippen LogP contribution in [0.3, 0.4) is 0 Å². The largest absolute Gasteiger partial charge is 0.301 e. The van der Waals surface area contributed by atoms with Crippen molar-refractivity contribution in [2.24, 2.45) is 0 Å². The molecule has 0 bridgehead atoms. The minimum Gasteiger partial charge on any atom is -0.301 e. The monoisotopic (exact) mass is 159 g/mol. The van der Waals surface area contributed by atoms with Crippen LogP contribution in [0.15, 0.2) is 0 Å². The van der Waals surface area contributed by atoms with E-state index in [1.807, 2.05) is 18.7 Å². The quantitative estimate of drug-likeness (QED) is 0.560. The maximum Gasteiger partial charge on any atom is 0.139 e. The fourth-order valence-corrected chi connectivity index (χ4v) is 1.32. The summed E-state index contributed by atoms with van der Waals surface area (Å²) >= 11 is 0. The number of nitrogens with zero attached hydrogens (tertiary/aromatic N) is 1. The lowest BCUT2D eigenvalue weighted by atomic mass is 10.1. The van der Waals surface area contributed by atoms with E-state index in [9.17, 15) is 9.18 Å². The van der Waals surface area contributed by atoms with Crippen LogP contribution >= 0.6 is 0 Å². The predicted molar refractivity (Wildman–Crippen MR) is 41.2 cm³/mol. The highest BCUT2D eigenvalue weighted by Gasteiger charge is 2.32. The highest BCUT2D eigenvalue weighted by Crippen LogP contribution is 2.20. The molecule has 0 aromatic rings. The van der Waals surface area contributed by atoms with Gasteiger partial charge in [0.05, 0.1) is 5.54 Å². The molecule has 0 saturated carbocycles. The summed E-state index contributed by atoms with van der Waals surface area (Å²) in [4.78, 5) is 12.4. The Hall–Kier alpha value is -0.440. The number of alkyl halides is 1. The Balaban J connectivity index is 2.55. The Morgan fingerprint density at radius 1 is 1.64 bits per heavy atom. The number of rotatable bonds is 2. The number of hydrogen-bond donors (Lipinski definition) is 0. The zero-order valence-electron chi connectivity index (χ0n) is 7.01. The summed E-state index contributed by atoms with van der Waals surface area (Å²) in [6, 6.07) is 0. The predicted octanol–water partition coefficient (Wildman–Crippen LogP) is 1.01. The summed E-state index contributed by atoms with van der Waals surface area (Å²) in [5.41, 5.74) is -0.485. The van der Waals surface area contributed by atoms with E-state index in [4.69, 9.17) is 0 Å². The first kappa shape index (κ1) is 8.65. The van der Waals surface area contributed by atoms with Gasteiger partial charge in [0, 0.05) is 13.1 Å². The Morgan fingerprint density at radius 2 is 2.27 bits per heavy atom. The molecule has 1 saturated heterocycles. The van der Waals surface area contributed by atoms with E-state index >= 15 is 0 Å². The lowest BCUT2D eigenvalue weighted by Crippen LogP contribution is -2.43. The van der Waals surface area contributed by atoms with Crippen LogP contribution in [-0.2, 0) is 4.79 Å². The average Bonchev–Trinajstić information content (AvgIpc) is 2.36. The van der Waals surface area contributed by atoms with Crippen LogP contribution in [0.1, 0.15) is 20.3 Å². The van der Waals surface area contributed by atoms with Crippen molar-refractivity contribution in [2.45, 2.75) is 32.0 Å². The molecule has 0 radical (unpaired) electrons. The molecule has 11 heavy (non-hydrogen) atoms. The van der Waals surface area contributed by atoms with E-state index in [-0.39, 0.29) is 0 Å². The number of likely N-dealkylation sites (tertiary alicyclic amines) is 1. The van der Waals surface area contributed by atoms with Crippen molar-refractivity contribution >= 4 is 6.29 Å². The van der Waals surface area contributed by atoms with Crippen molar-refractivity contribution in [1.82, 2.24) is 4.90 Å². The molecule has 64 valence electrons. The summed E-state index contributed by atoms with van der Waals surface area (Å²) in [6.45, 7) is 4.74. The molecular weight excluding hydrogens is 145 g/mol. The van der Waals surface area contributed by atoms with Crippen molar-refractivity contribution in [1.29, 1.82) is 0 Å². The molecule has 1 aliphatic heterocycles. The van der Waals surface area contributed by atoms with Crippen molar-refractivity contribution in [3.63, 3.8) is 0 Å². The Labute approximate surface area is 66.4 Å².